The quantitative estimate of drug-likeness (QED) is 0.865. The highest BCUT2D eigenvalue weighted by Crippen LogP contribution is 2.38. The number of aryl methyl sites for hydroxylation is 2. The molecule has 94 valence electrons. The molecule has 1 saturated carbocycles. The Morgan fingerprint density at radius 2 is 2.00 bits per heavy atom. The van der Waals surface area contributed by atoms with Crippen LogP contribution in [0.2, 0.25) is 0 Å². The van der Waals surface area contributed by atoms with Crippen molar-refractivity contribution in [2.75, 3.05) is 18.5 Å². The average molecular weight is 232 g/mol. The molecular weight excluding hydrogens is 208 g/mol. The highest BCUT2D eigenvalue weighted by molar-refractivity contribution is 5.54. The number of anilines is 1. The third-order valence-corrected chi connectivity index (χ3v) is 3.85. The summed E-state index contributed by atoms with van der Waals surface area (Å²) in [6.07, 6.45) is 2.60. The Morgan fingerprint density at radius 1 is 1.35 bits per heavy atom. The summed E-state index contributed by atoms with van der Waals surface area (Å²) in [5.41, 5.74) is 10.3. The number of benzene rings is 1. The minimum atomic E-state index is -0.0495. The van der Waals surface area contributed by atoms with Gasteiger partial charge in [-0.3, -0.25) is 0 Å². The van der Waals surface area contributed by atoms with Crippen molar-refractivity contribution in [3.05, 3.63) is 29.3 Å². The lowest BCUT2D eigenvalue weighted by Crippen LogP contribution is -2.48. The molecule has 0 bridgehead atoms. The summed E-state index contributed by atoms with van der Waals surface area (Å²) in [5.74, 6) is 0.718. The number of rotatable bonds is 4. The molecule has 1 aliphatic carbocycles. The van der Waals surface area contributed by atoms with Gasteiger partial charge in [-0.15, -0.1) is 0 Å². The van der Waals surface area contributed by atoms with Crippen LogP contribution in [0.15, 0.2) is 18.2 Å². The molecule has 0 heterocycles. The smallest absolute Gasteiger partial charge is 0.0394 e. The highest BCUT2D eigenvalue weighted by Gasteiger charge is 2.39. The Bertz CT molecular complexity index is 405. The van der Waals surface area contributed by atoms with E-state index in [4.69, 9.17) is 5.73 Å². The maximum atomic E-state index is 6.40. The van der Waals surface area contributed by atoms with Crippen molar-refractivity contribution in [2.45, 2.75) is 39.2 Å². The number of hydrogen-bond donors (Lipinski definition) is 1. The molecule has 0 saturated heterocycles. The first-order chi connectivity index (χ1) is 7.90. The molecule has 0 amide bonds. The van der Waals surface area contributed by atoms with Gasteiger partial charge in [-0.25, -0.2) is 0 Å². The van der Waals surface area contributed by atoms with E-state index in [1.54, 1.807) is 0 Å². The topological polar surface area (TPSA) is 29.3 Å². The predicted octanol–water partition coefficient (Wildman–Crippen LogP) is 2.87. The fourth-order valence-electron chi connectivity index (χ4n) is 2.70. The molecule has 17 heavy (non-hydrogen) atoms. The van der Waals surface area contributed by atoms with Gasteiger partial charge in [0.25, 0.3) is 0 Å². The van der Waals surface area contributed by atoms with Crippen molar-refractivity contribution in [1.29, 1.82) is 0 Å². The zero-order chi connectivity index (χ0) is 12.6. The van der Waals surface area contributed by atoms with Crippen molar-refractivity contribution in [1.82, 2.24) is 0 Å². The first-order valence-corrected chi connectivity index (χ1v) is 6.47. The normalized spacial score (nSPS) is 18.9. The number of likely N-dealkylation sites (N-methyl/N-ethyl adjacent to an activating group) is 1. The average Bonchev–Trinajstić information content (AvgIpc) is 2.98. The first-order valence-electron chi connectivity index (χ1n) is 6.47. The molecule has 0 spiro atoms. The van der Waals surface area contributed by atoms with Crippen molar-refractivity contribution in [3.63, 3.8) is 0 Å². The van der Waals surface area contributed by atoms with Gasteiger partial charge in [0, 0.05) is 24.8 Å². The van der Waals surface area contributed by atoms with Crippen LogP contribution in [0.1, 0.15) is 30.9 Å². The van der Waals surface area contributed by atoms with Crippen LogP contribution in [-0.2, 0) is 0 Å². The molecule has 0 aromatic heterocycles. The molecule has 1 aliphatic rings. The van der Waals surface area contributed by atoms with Crippen molar-refractivity contribution in [2.24, 2.45) is 11.7 Å². The molecule has 0 radical (unpaired) electrons. The van der Waals surface area contributed by atoms with E-state index in [1.165, 1.54) is 29.7 Å². The summed E-state index contributed by atoms with van der Waals surface area (Å²) in [6, 6.07) is 6.61. The van der Waals surface area contributed by atoms with E-state index in [-0.39, 0.29) is 5.54 Å². The second-order valence-corrected chi connectivity index (χ2v) is 5.93. The molecule has 1 fully saturated rings. The van der Waals surface area contributed by atoms with E-state index in [2.05, 4.69) is 50.9 Å². The number of nitrogens with zero attached hydrogens (tertiary/aromatic N) is 1. The summed E-state index contributed by atoms with van der Waals surface area (Å²) in [6.45, 7) is 7.42. The van der Waals surface area contributed by atoms with Gasteiger partial charge in [0.05, 0.1) is 0 Å². The van der Waals surface area contributed by atoms with Gasteiger partial charge in [-0.1, -0.05) is 17.7 Å². The lowest BCUT2D eigenvalue weighted by Gasteiger charge is -2.32. The zero-order valence-electron chi connectivity index (χ0n) is 11.5. The number of hydrogen-bond acceptors (Lipinski definition) is 2. The van der Waals surface area contributed by atoms with E-state index in [1.807, 2.05) is 0 Å². The summed E-state index contributed by atoms with van der Waals surface area (Å²) in [7, 11) is 2.14. The van der Waals surface area contributed by atoms with Crippen molar-refractivity contribution in [3.8, 4) is 0 Å². The maximum Gasteiger partial charge on any atom is 0.0394 e. The van der Waals surface area contributed by atoms with Gasteiger partial charge in [0.15, 0.2) is 0 Å². The Labute approximate surface area is 105 Å². The van der Waals surface area contributed by atoms with Crippen molar-refractivity contribution >= 4 is 5.69 Å². The second kappa shape index (κ2) is 4.34. The Kier molecular flexibility index (Phi) is 3.17. The van der Waals surface area contributed by atoms with E-state index < -0.39 is 0 Å². The zero-order valence-corrected chi connectivity index (χ0v) is 11.5. The van der Waals surface area contributed by atoms with Crippen LogP contribution in [0.25, 0.3) is 0 Å². The Balaban J connectivity index is 2.11. The molecule has 2 heteroatoms. The molecule has 1 aromatic carbocycles. The van der Waals surface area contributed by atoms with Gasteiger partial charge < -0.3 is 10.6 Å². The lowest BCUT2D eigenvalue weighted by atomic mass is 9.96. The molecule has 1 unspecified atom stereocenters. The van der Waals surface area contributed by atoms with E-state index in [0.29, 0.717) is 0 Å². The number of nitrogens with two attached hydrogens (primary N) is 1. The van der Waals surface area contributed by atoms with Gasteiger partial charge in [0.1, 0.15) is 0 Å². The van der Waals surface area contributed by atoms with Crippen LogP contribution in [0.5, 0.6) is 0 Å². The first kappa shape index (κ1) is 12.4. The third kappa shape index (κ3) is 2.81. The molecule has 2 N–H and O–H groups in total. The van der Waals surface area contributed by atoms with Crippen LogP contribution in [0.3, 0.4) is 0 Å². The van der Waals surface area contributed by atoms with Crippen molar-refractivity contribution < 1.29 is 0 Å². The largest absolute Gasteiger partial charge is 0.373 e. The van der Waals surface area contributed by atoms with Gasteiger partial charge in [0.2, 0.25) is 0 Å². The minimum Gasteiger partial charge on any atom is -0.373 e. The summed E-state index contributed by atoms with van der Waals surface area (Å²) in [5, 5.41) is 0. The molecule has 0 aliphatic heterocycles. The molecular formula is C15H24N2. The standard InChI is InChI=1S/C15H24N2/c1-11-5-8-14(12(2)9-11)17(4)10-15(3,16)13-6-7-13/h5,8-9,13H,6-7,10,16H2,1-4H3. The van der Waals surface area contributed by atoms with Crippen LogP contribution in [-0.4, -0.2) is 19.1 Å². The predicted molar refractivity (Wildman–Crippen MR) is 74.5 cm³/mol. The maximum absolute atomic E-state index is 6.40. The summed E-state index contributed by atoms with van der Waals surface area (Å²) >= 11 is 0. The Hall–Kier alpha value is -1.02. The fraction of sp³-hybridized carbons (Fsp3) is 0.600. The van der Waals surface area contributed by atoms with E-state index in [0.717, 1.165) is 12.5 Å². The van der Waals surface area contributed by atoms with Crippen LogP contribution >= 0.6 is 0 Å². The fourth-order valence-corrected chi connectivity index (χ4v) is 2.70. The monoisotopic (exact) mass is 232 g/mol. The summed E-state index contributed by atoms with van der Waals surface area (Å²) < 4.78 is 0. The molecule has 1 aromatic rings. The Morgan fingerprint density at radius 3 is 2.53 bits per heavy atom. The van der Waals surface area contributed by atoms with Crippen LogP contribution < -0.4 is 10.6 Å². The van der Waals surface area contributed by atoms with Gasteiger partial charge in [-0.2, -0.15) is 0 Å². The summed E-state index contributed by atoms with van der Waals surface area (Å²) in [4.78, 5) is 2.30. The van der Waals surface area contributed by atoms with E-state index in [9.17, 15) is 0 Å². The second-order valence-electron chi connectivity index (χ2n) is 5.93. The van der Waals surface area contributed by atoms with Crippen LogP contribution in [0, 0.1) is 19.8 Å². The van der Waals surface area contributed by atoms with Crippen LogP contribution in [0.4, 0.5) is 5.69 Å². The highest BCUT2D eigenvalue weighted by atomic mass is 15.1. The third-order valence-electron chi connectivity index (χ3n) is 3.85. The molecule has 2 nitrogen and oxygen atoms in total. The molecule has 1 atom stereocenters. The van der Waals surface area contributed by atoms with Gasteiger partial charge >= 0.3 is 0 Å². The lowest BCUT2D eigenvalue weighted by molar-refractivity contribution is 0.412. The molecule has 2 rings (SSSR count). The van der Waals surface area contributed by atoms with Gasteiger partial charge in [-0.05, 0) is 51.2 Å². The SMILES string of the molecule is Cc1ccc(N(C)CC(C)(N)C2CC2)c(C)c1. The van der Waals surface area contributed by atoms with E-state index >= 15 is 0 Å². The minimum absolute atomic E-state index is 0.0495.